The lowest BCUT2D eigenvalue weighted by Gasteiger charge is -2.38. The Balaban J connectivity index is 0.00000181. The summed E-state index contributed by atoms with van der Waals surface area (Å²) in [7, 11) is 0. The molecule has 0 radical (unpaired) electrons. The summed E-state index contributed by atoms with van der Waals surface area (Å²) in [4.78, 5) is 35.2. The fourth-order valence-electron chi connectivity index (χ4n) is 5.69. The zero-order valence-corrected chi connectivity index (χ0v) is 24.0. The zero-order chi connectivity index (χ0) is 28.5. The molecule has 0 bridgehead atoms. The van der Waals surface area contributed by atoms with E-state index in [1.807, 2.05) is 49.9 Å². The van der Waals surface area contributed by atoms with E-state index in [9.17, 15) is 9.59 Å². The van der Waals surface area contributed by atoms with E-state index in [0.29, 0.717) is 31.8 Å². The van der Waals surface area contributed by atoms with Crippen LogP contribution in [0.2, 0.25) is 0 Å². The zero-order valence-electron chi connectivity index (χ0n) is 24.0. The third-order valence-corrected chi connectivity index (χ3v) is 7.86. The molecule has 0 spiro atoms. The molecule has 10 heteroatoms. The van der Waals surface area contributed by atoms with E-state index in [-0.39, 0.29) is 11.8 Å². The topological polar surface area (TPSA) is 132 Å². The Hall–Kier alpha value is -3.50. The molecule has 5 N–H and O–H groups in total. The second kappa shape index (κ2) is 14.2. The van der Waals surface area contributed by atoms with E-state index < -0.39 is 12.1 Å². The van der Waals surface area contributed by atoms with Gasteiger partial charge in [0.2, 0.25) is 11.8 Å². The van der Waals surface area contributed by atoms with Crippen molar-refractivity contribution in [2.75, 3.05) is 44.2 Å². The van der Waals surface area contributed by atoms with Crippen LogP contribution in [0.4, 0.5) is 5.69 Å². The number of benzene rings is 1. The van der Waals surface area contributed by atoms with Crippen molar-refractivity contribution < 1.29 is 9.59 Å². The third kappa shape index (κ3) is 7.37. The number of anilines is 1. The maximum absolute atomic E-state index is 13.7. The molecular formula is C30H44N8O2. The van der Waals surface area contributed by atoms with Crippen LogP contribution in [0.15, 0.2) is 42.9 Å². The minimum absolute atomic E-state index is 0.00544. The van der Waals surface area contributed by atoms with Gasteiger partial charge in [0.1, 0.15) is 6.04 Å². The van der Waals surface area contributed by atoms with E-state index in [4.69, 9.17) is 5.73 Å². The van der Waals surface area contributed by atoms with Crippen LogP contribution in [-0.4, -0.2) is 83.2 Å². The van der Waals surface area contributed by atoms with Crippen molar-refractivity contribution in [3.63, 3.8) is 0 Å². The van der Waals surface area contributed by atoms with Gasteiger partial charge in [0.25, 0.3) is 0 Å². The first kappa shape index (κ1) is 29.5. The molecule has 2 amide bonds. The number of pyridine rings is 1. The van der Waals surface area contributed by atoms with Gasteiger partial charge >= 0.3 is 0 Å². The van der Waals surface area contributed by atoms with Gasteiger partial charge in [-0.2, -0.15) is 5.10 Å². The summed E-state index contributed by atoms with van der Waals surface area (Å²) in [6.45, 7) is 10.6. The van der Waals surface area contributed by atoms with Crippen LogP contribution in [0.1, 0.15) is 44.2 Å². The average molecular weight is 549 g/mol. The van der Waals surface area contributed by atoms with E-state index in [1.165, 1.54) is 0 Å². The predicted molar refractivity (Wildman–Crippen MR) is 159 cm³/mol. The van der Waals surface area contributed by atoms with Crippen LogP contribution >= 0.6 is 0 Å². The maximum Gasteiger partial charge on any atom is 0.245 e. The smallest absolute Gasteiger partial charge is 0.245 e. The molecule has 10 nitrogen and oxygen atoms in total. The molecule has 1 aromatic carbocycles. The van der Waals surface area contributed by atoms with Crippen LogP contribution in [-0.2, 0) is 16.0 Å². The molecule has 2 atom stereocenters. The van der Waals surface area contributed by atoms with Gasteiger partial charge < -0.3 is 26.2 Å². The highest BCUT2D eigenvalue weighted by Gasteiger charge is 2.32. The predicted octanol–water partition coefficient (Wildman–Crippen LogP) is 2.39. The molecule has 4 heterocycles. The Labute approximate surface area is 237 Å². The summed E-state index contributed by atoms with van der Waals surface area (Å²) < 4.78 is 0. The molecule has 2 fully saturated rings. The highest BCUT2D eigenvalue weighted by Crippen LogP contribution is 2.22. The van der Waals surface area contributed by atoms with Gasteiger partial charge in [0, 0.05) is 49.6 Å². The number of amides is 2. The minimum Gasteiger partial charge on any atom is -0.368 e. The SMILES string of the molecule is CC.Cc1cc(CC(N)C(=O)NC(CC2CCNCC2)C(=O)N2CCN(c3ccncc3)CC2)cc2cn[nH]c12. The number of nitrogens with one attached hydrogen (secondary N) is 3. The van der Waals surface area contributed by atoms with Crippen molar-refractivity contribution in [3.05, 3.63) is 54.0 Å². The van der Waals surface area contributed by atoms with E-state index in [0.717, 1.165) is 66.7 Å². The highest BCUT2D eigenvalue weighted by atomic mass is 16.2. The van der Waals surface area contributed by atoms with Crippen LogP contribution in [0.3, 0.4) is 0 Å². The lowest BCUT2D eigenvalue weighted by molar-refractivity contribution is -0.137. The summed E-state index contributed by atoms with van der Waals surface area (Å²) >= 11 is 0. The van der Waals surface area contributed by atoms with Gasteiger partial charge in [-0.25, -0.2) is 0 Å². The van der Waals surface area contributed by atoms with Crippen LogP contribution in [0.25, 0.3) is 10.9 Å². The number of rotatable bonds is 8. The lowest BCUT2D eigenvalue weighted by Crippen LogP contribution is -2.57. The van der Waals surface area contributed by atoms with Crippen molar-refractivity contribution in [3.8, 4) is 0 Å². The fourth-order valence-corrected chi connectivity index (χ4v) is 5.69. The van der Waals surface area contributed by atoms with Gasteiger partial charge in [-0.1, -0.05) is 19.9 Å². The number of carbonyl (C=O) groups is 2. The molecule has 2 aromatic heterocycles. The number of piperazine rings is 1. The van der Waals surface area contributed by atoms with E-state index in [2.05, 4.69) is 30.7 Å². The molecule has 0 aliphatic carbocycles. The number of fused-ring (bicyclic) bond motifs is 1. The second-order valence-electron chi connectivity index (χ2n) is 10.6. The third-order valence-electron chi connectivity index (χ3n) is 7.86. The first-order valence-electron chi connectivity index (χ1n) is 14.6. The number of hydrogen-bond donors (Lipinski definition) is 4. The van der Waals surface area contributed by atoms with Gasteiger partial charge in [-0.05, 0) is 80.9 Å². The molecular weight excluding hydrogens is 504 g/mol. The maximum atomic E-state index is 13.7. The van der Waals surface area contributed by atoms with Gasteiger partial charge in [0.15, 0.2) is 0 Å². The van der Waals surface area contributed by atoms with Crippen molar-refractivity contribution in [1.29, 1.82) is 0 Å². The normalized spacial score (nSPS) is 17.6. The van der Waals surface area contributed by atoms with Crippen molar-refractivity contribution in [2.45, 2.75) is 58.5 Å². The Morgan fingerprint density at radius 3 is 2.50 bits per heavy atom. The first-order chi connectivity index (χ1) is 19.5. The summed E-state index contributed by atoms with van der Waals surface area (Å²) in [5.41, 5.74) is 10.5. The van der Waals surface area contributed by atoms with Gasteiger partial charge in [-0.3, -0.25) is 19.7 Å². The average Bonchev–Trinajstić information content (AvgIpc) is 3.48. The first-order valence-corrected chi connectivity index (χ1v) is 14.6. The van der Waals surface area contributed by atoms with Crippen molar-refractivity contribution >= 4 is 28.4 Å². The number of aromatic nitrogens is 3. The van der Waals surface area contributed by atoms with E-state index >= 15 is 0 Å². The molecule has 40 heavy (non-hydrogen) atoms. The Morgan fingerprint density at radius 1 is 1.10 bits per heavy atom. The number of carbonyl (C=O) groups excluding carboxylic acids is 2. The molecule has 2 aliphatic heterocycles. The van der Waals surface area contributed by atoms with Crippen LogP contribution < -0.4 is 21.3 Å². The molecule has 2 aliphatic rings. The number of nitrogens with two attached hydrogens (primary N) is 1. The summed E-state index contributed by atoms with van der Waals surface area (Å²) in [6, 6.07) is 6.72. The molecule has 3 aromatic rings. The summed E-state index contributed by atoms with van der Waals surface area (Å²) in [5, 5.41) is 14.5. The largest absolute Gasteiger partial charge is 0.368 e. The quantitative estimate of drug-likeness (QED) is 0.340. The Morgan fingerprint density at radius 2 is 1.80 bits per heavy atom. The number of aromatic amines is 1. The molecule has 0 saturated carbocycles. The Kier molecular flexibility index (Phi) is 10.5. The summed E-state index contributed by atoms with van der Waals surface area (Å²) in [6.07, 6.45) is 8.40. The number of piperidine rings is 1. The molecule has 2 unspecified atom stereocenters. The molecule has 5 rings (SSSR count). The fraction of sp³-hybridized carbons (Fsp3) is 0.533. The minimum atomic E-state index is -0.745. The number of hydrogen-bond acceptors (Lipinski definition) is 7. The summed E-state index contributed by atoms with van der Waals surface area (Å²) in [5.74, 6) is 0.109. The number of nitrogens with zero attached hydrogens (tertiary/aromatic N) is 4. The Bertz CT molecular complexity index is 1230. The van der Waals surface area contributed by atoms with Gasteiger partial charge in [-0.15, -0.1) is 0 Å². The monoisotopic (exact) mass is 548 g/mol. The molecule has 216 valence electrons. The lowest BCUT2D eigenvalue weighted by atomic mass is 9.90. The number of aryl methyl sites for hydroxylation is 1. The second-order valence-corrected chi connectivity index (χ2v) is 10.6. The molecule has 2 saturated heterocycles. The van der Waals surface area contributed by atoms with Crippen molar-refractivity contribution in [1.82, 2.24) is 30.7 Å². The van der Waals surface area contributed by atoms with Crippen LogP contribution in [0, 0.1) is 12.8 Å². The van der Waals surface area contributed by atoms with E-state index in [1.54, 1.807) is 18.6 Å². The van der Waals surface area contributed by atoms with Crippen LogP contribution in [0.5, 0.6) is 0 Å². The van der Waals surface area contributed by atoms with Gasteiger partial charge in [0.05, 0.1) is 17.8 Å². The number of H-pyrrole nitrogens is 1. The highest BCUT2D eigenvalue weighted by molar-refractivity contribution is 5.90. The van der Waals surface area contributed by atoms with Crippen molar-refractivity contribution in [2.24, 2.45) is 11.7 Å². The standard InChI is InChI=1S/C28H38N8O2.C2H6/c1-19-14-21(15-22-18-32-34-26(19)22)16-24(29)27(37)33-25(17-20-2-6-30-7-3-20)28(38)36-12-10-35(11-13-36)23-4-8-31-9-5-23;1-2/h4-5,8-9,14-15,18,20,24-25,30H,2-3,6-7,10-13,16-17,29H2,1H3,(H,32,34)(H,33,37);1-2H3.